The number of halogens is 1. The van der Waals surface area contributed by atoms with Crippen LogP contribution in [-0.4, -0.2) is 12.4 Å². The molecule has 0 bridgehead atoms. The lowest BCUT2D eigenvalue weighted by Gasteiger charge is -2.10. The predicted molar refractivity (Wildman–Crippen MR) is 65.7 cm³/mol. The fraction of sp³-hybridized carbons (Fsp3) is 0.727. The summed E-state index contributed by atoms with van der Waals surface area (Å²) in [6, 6.07) is 0. The Balaban J connectivity index is 2.59. The summed E-state index contributed by atoms with van der Waals surface area (Å²) < 4.78 is 1.06. The zero-order chi connectivity index (χ0) is 10.6. The van der Waals surface area contributed by atoms with Gasteiger partial charge in [0.15, 0.2) is 0 Å². The van der Waals surface area contributed by atoms with Crippen molar-refractivity contribution in [3.05, 3.63) is 10.7 Å². The van der Waals surface area contributed by atoms with Crippen LogP contribution in [0.2, 0.25) is 0 Å². The Hall–Kier alpha value is -0.310. The minimum absolute atomic E-state index is 0.630. The highest BCUT2D eigenvalue weighted by molar-refractivity contribution is 9.11. The molecule has 0 fully saturated rings. The molecule has 1 atom stereocenters. The normalized spacial score (nSPS) is 25.9. The first-order valence-corrected chi connectivity index (χ1v) is 6.03. The molecule has 3 heteroatoms. The largest absolute Gasteiger partial charge is 0.339 e. The number of amidine groups is 1. The van der Waals surface area contributed by atoms with Gasteiger partial charge < -0.3 is 5.32 Å². The smallest absolute Gasteiger partial charge is 0.101 e. The van der Waals surface area contributed by atoms with Gasteiger partial charge in [0.2, 0.25) is 0 Å². The Morgan fingerprint density at radius 1 is 1.64 bits per heavy atom. The molecule has 1 unspecified atom stereocenters. The van der Waals surface area contributed by atoms with Gasteiger partial charge in [-0.05, 0) is 34.2 Å². The van der Waals surface area contributed by atoms with Crippen LogP contribution in [0.25, 0.3) is 0 Å². The van der Waals surface area contributed by atoms with Gasteiger partial charge in [-0.25, -0.2) is 0 Å². The van der Waals surface area contributed by atoms with E-state index in [-0.39, 0.29) is 0 Å². The molecule has 1 heterocycles. The molecule has 0 aliphatic carbocycles. The van der Waals surface area contributed by atoms with Gasteiger partial charge in [0.25, 0.3) is 0 Å². The van der Waals surface area contributed by atoms with Crippen molar-refractivity contribution in [2.45, 2.75) is 33.6 Å². The molecule has 1 rings (SSSR count). The Kier molecular flexibility index (Phi) is 4.66. The lowest BCUT2D eigenvalue weighted by molar-refractivity contribution is 0.613. The maximum absolute atomic E-state index is 4.58. The third-order valence-corrected chi connectivity index (χ3v) is 2.67. The van der Waals surface area contributed by atoms with Crippen molar-refractivity contribution in [3.63, 3.8) is 0 Å². The second kappa shape index (κ2) is 5.54. The van der Waals surface area contributed by atoms with E-state index in [1.165, 1.54) is 0 Å². The number of hydrogen-bond acceptors (Lipinski definition) is 1. The second-order valence-electron chi connectivity index (χ2n) is 4.40. The molecule has 14 heavy (non-hydrogen) atoms. The Morgan fingerprint density at radius 2 is 2.36 bits per heavy atom. The first kappa shape index (κ1) is 11.8. The van der Waals surface area contributed by atoms with Crippen molar-refractivity contribution < 1.29 is 0 Å². The lowest BCUT2D eigenvalue weighted by atomic mass is 10.0. The highest BCUT2D eigenvalue weighted by Crippen LogP contribution is 2.17. The third kappa shape index (κ3) is 4.27. The molecule has 0 spiro atoms. The van der Waals surface area contributed by atoms with E-state index in [2.05, 4.69) is 53.1 Å². The average molecular weight is 259 g/mol. The van der Waals surface area contributed by atoms with Crippen molar-refractivity contribution in [3.8, 4) is 0 Å². The summed E-state index contributed by atoms with van der Waals surface area (Å²) in [6.45, 7) is 7.55. The molecular weight excluding hydrogens is 240 g/mol. The molecule has 0 saturated carbocycles. The van der Waals surface area contributed by atoms with Crippen LogP contribution in [0, 0.1) is 11.8 Å². The van der Waals surface area contributed by atoms with Gasteiger partial charge >= 0.3 is 0 Å². The molecule has 0 saturated heterocycles. The van der Waals surface area contributed by atoms with E-state index in [1.807, 2.05) is 0 Å². The monoisotopic (exact) mass is 258 g/mol. The van der Waals surface area contributed by atoms with Crippen molar-refractivity contribution in [2.75, 3.05) is 6.54 Å². The van der Waals surface area contributed by atoms with Gasteiger partial charge in [0, 0.05) is 13.0 Å². The minimum Gasteiger partial charge on any atom is -0.339 e. The van der Waals surface area contributed by atoms with Gasteiger partial charge in [-0.3, -0.25) is 4.99 Å². The molecule has 2 nitrogen and oxygen atoms in total. The van der Waals surface area contributed by atoms with Crippen LogP contribution in [0.15, 0.2) is 15.7 Å². The van der Waals surface area contributed by atoms with Gasteiger partial charge in [-0.15, -0.1) is 0 Å². The van der Waals surface area contributed by atoms with Gasteiger partial charge in [0.1, 0.15) is 5.84 Å². The molecule has 0 aromatic rings. The maximum atomic E-state index is 4.58. The number of nitrogens with zero attached hydrogens (tertiary/aromatic N) is 1. The molecule has 80 valence electrons. The van der Waals surface area contributed by atoms with Crippen LogP contribution in [0.5, 0.6) is 0 Å². The molecule has 1 aliphatic heterocycles. The molecule has 0 amide bonds. The standard InChI is InChI=1S/C11H19BrN2/c1-8(2)7-13-11-6-9(3)4-5-10(12)14-11/h5,8-9H,4,6-7H2,1-3H3,(H,13,14). The zero-order valence-electron chi connectivity index (χ0n) is 9.18. The van der Waals surface area contributed by atoms with E-state index in [9.17, 15) is 0 Å². The van der Waals surface area contributed by atoms with E-state index in [4.69, 9.17) is 0 Å². The van der Waals surface area contributed by atoms with Crippen LogP contribution in [0.4, 0.5) is 0 Å². The Morgan fingerprint density at radius 3 is 3.00 bits per heavy atom. The van der Waals surface area contributed by atoms with Crippen molar-refractivity contribution >= 4 is 21.8 Å². The van der Waals surface area contributed by atoms with Crippen molar-refractivity contribution in [2.24, 2.45) is 16.8 Å². The second-order valence-corrected chi connectivity index (χ2v) is 5.26. The SMILES string of the molecule is CC(C)CN=C1CC(C)CC=C(Br)N1. The van der Waals surface area contributed by atoms with Crippen molar-refractivity contribution in [1.29, 1.82) is 0 Å². The summed E-state index contributed by atoms with van der Waals surface area (Å²) in [4.78, 5) is 4.58. The van der Waals surface area contributed by atoms with Crippen LogP contribution >= 0.6 is 15.9 Å². The Bertz CT molecular complexity index is 244. The molecular formula is C11H19BrN2. The quantitative estimate of drug-likeness (QED) is 0.756. The summed E-state index contributed by atoms with van der Waals surface area (Å²) in [5.41, 5.74) is 0. The summed E-state index contributed by atoms with van der Waals surface area (Å²) in [7, 11) is 0. The molecule has 0 aromatic heterocycles. The van der Waals surface area contributed by atoms with Crippen LogP contribution < -0.4 is 5.32 Å². The molecule has 1 aliphatic rings. The van der Waals surface area contributed by atoms with Gasteiger partial charge in [-0.1, -0.05) is 26.8 Å². The van der Waals surface area contributed by atoms with Gasteiger partial charge in [-0.2, -0.15) is 0 Å². The number of aliphatic imine (C=N–C) groups is 1. The minimum atomic E-state index is 0.630. The number of hydrogen-bond donors (Lipinski definition) is 1. The fourth-order valence-corrected chi connectivity index (χ4v) is 1.77. The maximum Gasteiger partial charge on any atom is 0.101 e. The fourth-order valence-electron chi connectivity index (χ4n) is 1.35. The van der Waals surface area contributed by atoms with Crippen LogP contribution in [0.1, 0.15) is 33.6 Å². The van der Waals surface area contributed by atoms with E-state index in [0.29, 0.717) is 11.8 Å². The zero-order valence-corrected chi connectivity index (χ0v) is 10.8. The van der Waals surface area contributed by atoms with E-state index in [0.717, 1.165) is 29.8 Å². The summed E-state index contributed by atoms with van der Waals surface area (Å²) in [6.07, 6.45) is 4.36. The summed E-state index contributed by atoms with van der Waals surface area (Å²) >= 11 is 3.48. The predicted octanol–water partition coefficient (Wildman–Crippen LogP) is 3.30. The number of allylic oxidation sites excluding steroid dienone is 1. The number of nitrogens with one attached hydrogen (secondary N) is 1. The van der Waals surface area contributed by atoms with Gasteiger partial charge in [0.05, 0.1) is 4.61 Å². The summed E-state index contributed by atoms with van der Waals surface area (Å²) in [5, 5.41) is 3.29. The first-order valence-electron chi connectivity index (χ1n) is 5.24. The lowest BCUT2D eigenvalue weighted by Crippen LogP contribution is -2.21. The molecule has 0 aromatic carbocycles. The highest BCUT2D eigenvalue weighted by Gasteiger charge is 2.11. The van der Waals surface area contributed by atoms with E-state index >= 15 is 0 Å². The van der Waals surface area contributed by atoms with Crippen LogP contribution in [0.3, 0.4) is 0 Å². The topological polar surface area (TPSA) is 24.4 Å². The van der Waals surface area contributed by atoms with Crippen LogP contribution in [-0.2, 0) is 0 Å². The highest BCUT2D eigenvalue weighted by atomic mass is 79.9. The van der Waals surface area contributed by atoms with E-state index < -0.39 is 0 Å². The molecule has 1 N–H and O–H groups in total. The first-order chi connectivity index (χ1) is 6.58. The third-order valence-electron chi connectivity index (χ3n) is 2.15. The average Bonchev–Trinajstić information content (AvgIpc) is 2.25. The summed E-state index contributed by atoms with van der Waals surface area (Å²) in [5.74, 6) is 2.43. The Labute approximate surface area is 95.0 Å². The van der Waals surface area contributed by atoms with Crippen molar-refractivity contribution in [1.82, 2.24) is 5.32 Å². The van der Waals surface area contributed by atoms with E-state index in [1.54, 1.807) is 0 Å². The molecule has 0 radical (unpaired) electrons. The number of rotatable bonds is 2.